The Balaban J connectivity index is 0.703. The summed E-state index contributed by atoms with van der Waals surface area (Å²) in [6.07, 6.45) is 0. The number of nitrogens with zero attached hydrogens (tertiary/aromatic N) is 6. The second-order valence-corrected chi connectivity index (χ2v) is 16.3. The van der Waals surface area contributed by atoms with Crippen LogP contribution in [0.1, 0.15) is 66.4 Å². The van der Waals surface area contributed by atoms with Crippen molar-refractivity contribution in [2.24, 2.45) is 20.5 Å². The van der Waals surface area contributed by atoms with E-state index in [1.54, 1.807) is 97.1 Å². The molecule has 12 nitrogen and oxygen atoms in total. The Hall–Kier alpha value is -9.16. The Morgan fingerprint density at radius 1 is 0.328 bits per heavy atom. The fourth-order valence-corrected chi connectivity index (χ4v) is 7.89. The molecule has 10 rings (SSSR count). The number of imide groups is 2. The third-order valence-corrected chi connectivity index (χ3v) is 11.7. The van der Waals surface area contributed by atoms with Crippen LogP contribution in [0.5, 0.6) is 23.0 Å². The van der Waals surface area contributed by atoms with Crippen molar-refractivity contribution in [2.75, 3.05) is 9.80 Å². The van der Waals surface area contributed by atoms with Crippen LogP contribution in [0.3, 0.4) is 0 Å². The minimum atomic E-state index is -0.344. The molecule has 67 heavy (non-hydrogen) atoms. The summed E-state index contributed by atoms with van der Waals surface area (Å²) in [6, 6.07) is 57.8. The highest BCUT2D eigenvalue weighted by Gasteiger charge is 2.37. The molecule has 2 heterocycles. The van der Waals surface area contributed by atoms with E-state index in [9.17, 15) is 19.2 Å². The van der Waals surface area contributed by atoms with E-state index in [0.29, 0.717) is 79.4 Å². The van der Waals surface area contributed by atoms with Gasteiger partial charge in [-0.05, 0) is 157 Å². The van der Waals surface area contributed by atoms with E-state index in [2.05, 4.69) is 58.6 Å². The van der Waals surface area contributed by atoms with Gasteiger partial charge in [0.25, 0.3) is 23.6 Å². The normalized spacial score (nSPS) is 13.5. The predicted molar refractivity (Wildman–Crippen MR) is 254 cm³/mol. The molecule has 0 saturated carbocycles. The molecule has 0 unspecified atom stereocenters. The van der Waals surface area contributed by atoms with E-state index < -0.39 is 0 Å². The monoisotopic (exact) mass is 878 g/mol. The number of rotatable bonds is 12. The van der Waals surface area contributed by atoms with Crippen LogP contribution >= 0.6 is 0 Å². The number of benzene rings is 8. The SMILES string of the molecule is CC(C)(c1ccc(Oc2ccc(N=Nc3ccc(N4C(=O)c5ccccc5C4=O)cc3)cc2)cc1)c1ccc(Oc2ccc(N=Nc3ccc(N4C(=O)c5ccccc5C4=O)cc3)cc2)cc1. The molecule has 0 aliphatic carbocycles. The Morgan fingerprint density at radius 2 is 0.567 bits per heavy atom. The lowest BCUT2D eigenvalue weighted by Crippen LogP contribution is -2.29. The van der Waals surface area contributed by atoms with Crippen LogP contribution in [0.25, 0.3) is 0 Å². The summed E-state index contributed by atoms with van der Waals surface area (Å²) < 4.78 is 12.3. The van der Waals surface area contributed by atoms with Crippen molar-refractivity contribution in [2.45, 2.75) is 19.3 Å². The van der Waals surface area contributed by atoms with Crippen LogP contribution in [0, 0.1) is 0 Å². The largest absolute Gasteiger partial charge is 0.457 e. The van der Waals surface area contributed by atoms with Gasteiger partial charge in [0.2, 0.25) is 0 Å². The minimum Gasteiger partial charge on any atom is -0.457 e. The number of amides is 4. The zero-order chi connectivity index (χ0) is 46.1. The summed E-state index contributed by atoms with van der Waals surface area (Å²) in [6.45, 7) is 4.34. The molecule has 324 valence electrons. The fourth-order valence-electron chi connectivity index (χ4n) is 7.89. The van der Waals surface area contributed by atoms with Crippen LogP contribution in [-0.2, 0) is 5.41 Å². The van der Waals surface area contributed by atoms with Gasteiger partial charge in [0.1, 0.15) is 23.0 Å². The van der Waals surface area contributed by atoms with Gasteiger partial charge >= 0.3 is 0 Å². The molecule has 8 aromatic carbocycles. The van der Waals surface area contributed by atoms with E-state index in [4.69, 9.17) is 9.47 Å². The second-order valence-electron chi connectivity index (χ2n) is 16.3. The van der Waals surface area contributed by atoms with Gasteiger partial charge in [0.05, 0.1) is 56.4 Å². The van der Waals surface area contributed by atoms with Crippen molar-refractivity contribution in [3.05, 3.63) is 228 Å². The van der Waals surface area contributed by atoms with Gasteiger partial charge in [-0.3, -0.25) is 19.2 Å². The first-order chi connectivity index (χ1) is 32.6. The first-order valence-electron chi connectivity index (χ1n) is 21.4. The number of hydrogen-bond donors (Lipinski definition) is 0. The molecule has 2 aliphatic heterocycles. The molecule has 12 heteroatoms. The van der Waals surface area contributed by atoms with Gasteiger partial charge in [0, 0.05) is 5.41 Å². The van der Waals surface area contributed by atoms with Crippen molar-refractivity contribution in [3.8, 4) is 23.0 Å². The van der Waals surface area contributed by atoms with E-state index in [1.165, 1.54) is 9.80 Å². The summed E-state index contributed by atoms with van der Waals surface area (Å²) in [4.78, 5) is 53.7. The lowest BCUT2D eigenvalue weighted by Gasteiger charge is -2.26. The molecule has 0 spiro atoms. The zero-order valence-electron chi connectivity index (χ0n) is 36.1. The van der Waals surface area contributed by atoms with Gasteiger partial charge in [0.15, 0.2) is 0 Å². The van der Waals surface area contributed by atoms with Gasteiger partial charge in [-0.2, -0.15) is 20.5 Å². The lowest BCUT2D eigenvalue weighted by molar-refractivity contribution is 0.0910. The van der Waals surface area contributed by atoms with E-state index in [-0.39, 0.29) is 29.0 Å². The standard InChI is InChI=1S/C55H38N6O6/c1-55(2,35-11-27-43(28-12-35)66-45-31-19-39(20-32-45)58-56-37-15-23-41(24-16-37)60-51(62)47-7-3-4-8-48(47)52(60)63)36-13-29-44(30-14-36)67-46-33-21-40(22-34-46)59-57-38-17-25-42(26-18-38)61-53(64)49-9-5-6-10-50(49)54(61)65/h3-34H,1-2H3. The average Bonchev–Trinajstić information content (AvgIpc) is 3.77. The second kappa shape index (κ2) is 17.4. The van der Waals surface area contributed by atoms with Crippen LogP contribution in [0.4, 0.5) is 34.1 Å². The maximum atomic E-state index is 12.8. The van der Waals surface area contributed by atoms with Crippen molar-refractivity contribution >= 4 is 57.8 Å². The predicted octanol–water partition coefficient (Wildman–Crippen LogP) is 14.0. The molecular formula is C55H38N6O6. The number of anilines is 2. The summed E-state index contributed by atoms with van der Waals surface area (Å²) in [5, 5.41) is 17.3. The van der Waals surface area contributed by atoms with Crippen molar-refractivity contribution in [1.82, 2.24) is 0 Å². The maximum Gasteiger partial charge on any atom is 0.266 e. The van der Waals surface area contributed by atoms with Gasteiger partial charge in [-0.25, -0.2) is 9.80 Å². The van der Waals surface area contributed by atoms with E-state index in [0.717, 1.165) is 11.1 Å². The number of carbonyl (C=O) groups excluding carboxylic acids is 4. The summed E-state index contributed by atoms with van der Waals surface area (Å²) in [5.41, 5.74) is 6.87. The first kappa shape index (κ1) is 41.8. The number of azo groups is 2. The number of carbonyl (C=O) groups is 4. The molecule has 2 aliphatic rings. The summed E-state index contributed by atoms with van der Waals surface area (Å²) >= 11 is 0. The topological polar surface area (TPSA) is 143 Å². The molecule has 4 amide bonds. The van der Waals surface area contributed by atoms with Gasteiger partial charge in [-0.1, -0.05) is 62.4 Å². The fraction of sp³-hybridized carbons (Fsp3) is 0.0545. The summed E-state index contributed by atoms with van der Waals surface area (Å²) in [7, 11) is 0. The Kier molecular flexibility index (Phi) is 10.9. The minimum absolute atomic E-state index is 0.305. The molecular weight excluding hydrogens is 841 g/mol. The summed E-state index contributed by atoms with van der Waals surface area (Å²) in [5.74, 6) is 1.31. The highest BCUT2D eigenvalue weighted by Crippen LogP contribution is 2.36. The van der Waals surface area contributed by atoms with Crippen LogP contribution in [0.15, 0.2) is 215 Å². The van der Waals surface area contributed by atoms with Gasteiger partial charge in [-0.15, -0.1) is 0 Å². The molecule has 0 fully saturated rings. The Bertz CT molecular complexity index is 2970. The highest BCUT2D eigenvalue weighted by atomic mass is 16.5. The highest BCUT2D eigenvalue weighted by molar-refractivity contribution is 6.35. The molecule has 0 N–H and O–H groups in total. The molecule has 0 radical (unpaired) electrons. The van der Waals surface area contributed by atoms with Crippen molar-refractivity contribution in [1.29, 1.82) is 0 Å². The molecule has 0 atom stereocenters. The number of ether oxygens (including phenoxy) is 2. The number of hydrogen-bond acceptors (Lipinski definition) is 10. The Labute approximate surface area is 385 Å². The average molecular weight is 879 g/mol. The lowest BCUT2D eigenvalue weighted by atomic mass is 9.78. The van der Waals surface area contributed by atoms with Crippen molar-refractivity contribution in [3.63, 3.8) is 0 Å². The number of fused-ring (bicyclic) bond motifs is 2. The quantitative estimate of drug-likeness (QED) is 0.0883. The molecule has 0 aromatic heterocycles. The molecule has 0 saturated heterocycles. The maximum absolute atomic E-state index is 12.8. The van der Waals surface area contributed by atoms with Crippen molar-refractivity contribution < 1.29 is 28.7 Å². The zero-order valence-corrected chi connectivity index (χ0v) is 36.1. The first-order valence-corrected chi connectivity index (χ1v) is 21.4. The molecule has 8 aromatic rings. The third kappa shape index (κ3) is 8.38. The molecule has 0 bridgehead atoms. The Morgan fingerprint density at radius 3 is 0.836 bits per heavy atom. The van der Waals surface area contributed by atoms with Crippen LogP contribution in [-0.4, -0.2) is 23.6 Å². The van der Waals surface area contributed by atoms with Crippen LogP contribution in [0.2, 0.25) is 0 Å². The van der Waals surface area contributed by atoms with Gasteiger partial charge < -0.3 is 9.47 Å². The third-order valence-electron chi connectivity index (χ3n) is 11.7. The smallest absolute Gasteiger partial charge is 0.266 e. The van der Waals surface area contributed by atoms with E-state index in [1.807, 2.05) is 72.8 Å². The van der Waals surface area contributed by atoms with Crippen LogP contribution < -0.4 is 19.3 Å². The van der Waals surface area contributed by atoms with E-state index >= 15 is 0 Å².